The lowest BCUT2D eigenvalue weighted by Crippen LogP contribution is -2.20. The van der Waals surface area contributed by atoms with Crippen molar-refractivity contribution in [1.82, 2.24) is 15.0 Å². The molecule has 0 saturated carbocycles. The molecule has 0 aliphatic rings. The number of nitrogens with zero attached hydrogens (tertiary/aromatic N) is 4. The maximum atomic E-state index is 13.3. The van der Waals surface area contributed by atoms with Crippen LogP contribution in [0, 0.1) is 10.7 Å². The summed E-state index contributed by atoms with van der Waals surface area (Å²) in [6.07, 6.45) is 0. The number of nitrogens with two attached hydrogens (primary N) is 1. The Kier molecular flexibility index (Phi) is 7.05. The van der Waals surface area contributed by atoms with Crippen LogP contribution in [-0.2, 0) is 0 Å². The lowest BCUT2D eigenvalue weighted by molar-refractivity contribution is 0.308. The Hall–Kier alpha value is -2.09. The largest absolute Gasteiger partial charge is 0.364 e. The average Bonchev–Trinajstić information content (AvgIpc) is 3.03. The van der Waals surface area contributed by atoms with Gasteiger partial charge in [0.05, 0.1) is 9.76 Å². The van der Waals surface area contributed by atoms with E-state index in [1.54, 1.807) is 0 Å². The minimum atomic E-state index is -0.428. The molecule has 0 atom stereocenters. The summed E-state index contributed by atoms with van der Waals surface area (Å²) < 4.78 is 21.0. The van der Waals surface area contributed by atoms with Crippen LogP contribution in [0.25, 0.3) is 0 Å². The normalized spacial score (nSPS) is 11.4. The molecular weight excluding hydrogens is 407 g/mol. The smallest absolute Gasteiger partial charge is 0.202 e. The van der Waals surface area contributed by atoms with Crippen LogP contribution in [0.15, 0.2) is 37.7 Å². The number of benzene rings is 1. The molecule has 128 valence electrons. The summed E-state index contributed by atoms with van der Waals surface area (Å²) in [5.74, 6) is -0.174. The van der Waals surface area contributed by atoms with Gasteiger partial charge in [-0.25, -0.2) is 13.7 Å². The lowest BCUT2D eigenvalue weighted by Gasteiger charge is -2.08. The third-order valence-corrected chi connectivity index (χ3v) is 3.62. The van der Waals surface area contributed by atoms with Crippen LogP contribution in [0.5, 0.6) is 0 Å². The minimum absolute atomic E-state index is 0.00610. The molecule has 10 nitrogen and oxygen atoms in total. The number of nitroso groups, excluding NO2 is 1. The fourth-order valence-corrected chi connectivity index (χ4v) is 2.23. The number of amidine groups is 1. The maximum absolute atomic E-state index is 13.3. The molecule has 0 radical (unpaired) electrons. The van der Waals surface area contributed by atoms with E-state index in [1.807, 2.05) is 0 Å². The van der Waals surface area contributed by atoms with Gasteiger partial charge in [0.25, 0.3) is 0 Å². The Morgan fingerprint density at radius 2 is 2.25 bits per heavy atom. The molecule has 0 aliphatic carbocycles. The fraction of sp³-hybridized carbons (Fsp3) is 0.182. The van der Waals surface area contributed by atoms with Crippen molar-refractivity contribution in [3.63, 3.8) is 0 Å². The third-order valence-electron chi connectivity index (χ3n) is 2.64. The van der Waals surface area contributed by atoms with Gasteiger partial charge in [0.15, 0.2) is 11.5 Å². The third kappa shape index (κ3) is 4.95. The van der Waals surface area contributed by atoms with Gasteiger partial charge in [-0.2, -0.15) is 0 Å². The second kappa shape index (κ2) is 9.27. The summed E-state index contributed by atoms with van der Waals surface area (Å²) >= 11 is 4.05. The first-order valence-corrected chi connectivity index (χ1v) is 8.10. The van der Waals surface area contributed by atoms with Gasteiger partial charge in [0, 0.05) is 30.9 Å². The van der Waals surface area contributed by atoms with Gasteiger partial charge in [-0.05, 0) is 44.4 Å². The summed E-state index contributed by atoms with van der Waals surface area (Å²) in [5.41, 5.74) is 0.608. The number of anilines is 2. The van der Waals surface area contributed by atoms with Crippen LogP contribution < -0.4 is 20.5 Å². The first-order valence-electron chi connectivity index (χ1n) is 6.43. The van der Waals surface area contributed by atoms with E-state index in [-0.39, 0.29) is 21.8 Å². The highest BCUT2D eigenvalue weighted by Gasteiger charge is 2.17. The molecule has 0 aliphatic heterocycles. The lowest BCUT2D eigenvalue weighted by atomic mass is 10.3. The van der Waals surface area contributed by atoms with Crippen LogP contribution in [0.1, 0.15) is 5.69 Å². The summed E-state index contributed by atoms with van der Waals surface area (Å²) in [7, 11) is 0. The maximum Gasteiger partial charge on any atom is 0.202 e. The molecule has 5 N–H and O–H groups in total. The first kappa shape index (κ1) is 18.3. The minimum Gasteiger partial charge on any atom is -0.364 e. The molecule has 2 rings (SSSR count). The fourth-order valence-electron chi connectivity index (χ4n) is 1.63. The quantitative estimate of drug-likeness (QED) is 0.126. The van der Waals surface area contributed by atoms with E-state index in [2.05, 4.69) is 56.6 Å². The van der Waals surface area contributed by atoms with Crippen LogP contribution in [0.2, 0.25) is 0 Å². The van der Waals surface area contributed by atoms with E-state index in [0.717, 1.165) is 12.1 Å². The van der Waals surface area contributed by atoms with Crippen molar-refractivity contribution in [2.24, 2.45) is 15.5 Å². The molecule has 0 fully saturated rings. The number of hydrogen-bond acceptors (Lipinski definition) is 9. The van der Waals surface area contributed by atoms with Crippen LogP contribution in [0.3, 0.4) is 0 Å². The number of aromatic nitrogens is 2. The average molecular weight is 419 g/mol. The van der Waals surface area contributed by atoms with Crippen molar-refractivity contribution >= 4 is 45.4 Å². The number of nitrogens with one attached hydrogen (secondary N) is 3. The molecule has 1 aromatic heterocycles. The van der Waals surface area contributed by atoms with E-state index >= 15 is 0 Å². The zero-order valence-electron chi connectivity index (χ0n) is 12.0. The van der Waals surface area contributed by atoms with Crippen LogP contribution >= 0.6 is 28.1 Å². The van der Waals surface area contributed by atoms with Gasteiger partial charge >= 0.3 is 0 Å². The van der Waals surface area contributed by atoms with Crippen LogP contribution in [0.4, 0.5) is 15.9 Å². The number of hydrogen-bond donors (Lipinski definition) is 4. The highest BCUT2D eigenvalue weighted by atomic mass is 79.9. The molecule has 24 heavy (non-hydrogen) atoms. The second-order valence-electron chi connectivity index (χ2n) is 4.18. The first-order chi connectivity index (χ1) is 11.7. The predicted octanol–water partition coefficient (Wildman–Crippen LogP) is 2.03. The van der Waals surface area contributed by atoms with Crippen molar-refractivity contribution in [3.05, 3.63) is 39.1 Å². The Bertz CT molecular complexity index is 728. The van der Waals surface area contributed by atoms with Crippen LogP contribution in [-0.4, -0.2) is 29.2 Å². The Morgan fingerprint density at radius 1 is 1.42 bits per heavy atom. The van der Waals surface area contributed by atoms with E-state index in [0.29, 0.717) is 18.8 Å². The Morgan fingerprint density at radius 3 is 2.96 bits per heavy atom. The van der Waals surface area contributed by atoms with E-state index in [9.17, 15) is 9.30 Å². The monoisotopic (exact) mass is 418 g/mol. The molecule has 0 saturated heterocycles. The zero-order chi connectivity index (χ0) is 17.4. The highest BCUT2D eigenvalue weighted by Crippen LogP contribution is 2.21. The van der Waals surface area contributed by atoms with Gasteiger partial charge in [-0.1, -0.05) is 5.10 Å². The number of rotatable bonds is 8. The highest BCUT2D eigenvalue weighted by molar-refractivity contribution is 9.10. The van der Waals surface area contributed by atoms with Gasteiger partial charge < -0.3 is 10.6 Å². The van der Waals surface area contributed by atoms with Crippen molar-refractivity contribution in [3.8, 4) is 0 Å². The van der Waals surface area contributed by atoms with Gasteiger partial charge in [-0.15, -0.1) is 4.91 Å². The second-order valence-corrected chi connectivity index (χ2v) is 5.56. The van der Waals surface area contributed by atoms with E-state index in [1.165, 1.54) is 18.2 Å². The molecule has 0 bridgehead atoms. The Balaban J connectivity index is 2.16. The van der Waals surface area contributed by atoms with Gasteiger partial charge in [-0.3, -0.25) is 5.14 Å². The molecule has 0 unspecified atom stereocenters. The number of halogens is 2. The topological polar surface area (TPSA) is 143 Å². The molecule has 1 aromatic carbocycles. The van der Waals surface area contributed by atoms with Crippen molar-refractivity contribution in [1.29, 1.82) is 0 Å². The molecule has 1 heterocycles. The van der Waals surface area contributed by atoms with E-state index < -0.39 is 5.82 Å². The molecule has 2 aromatic rings. The molecular formula is C11H12BrFN8O2S. The molecule has 0 spiro atoms. The SMILES string of the molecule is NSNCCNc1nonc1/C(=N/N=O)Nc1ccc(F)c(Br)c1. The summed E-state index contributed by atoms with van der Waals surface area (Å²) in [6.45, 7) is 1.01. The van der Waals surface area contributed by atoms with Crippen molar-refractivity contribution in [2.75, 3.05) is 23.7 Å². The molecule has 13 heteroatoms. The Labute approximate surface area is 148 Å². The van der Waals surface area contributed by atoms with Gasteiger partial charge in [0.1, 0.15) is 5.82 Å². The van der Waals surface area contributed by atoms with E-state index in [4.69, 9.17) is 5.14 Å². The molecule has 0 amide bonds. The summed E-state index contributed by atoms with van der Waals surface area (Å²) in [6, 6.07) is 4.18. The summed E-state index contributed by atoms with van der Waals surface area (Å²) in [4.78, 5) is 10.6. The van der Waals surface area contributed by atoms with Gasteiger partial charge in [0.2, 0.25) is 5.82 Å². The predicted molar refractivity (Wildman–Crippen MR) is 92.6 cm³/mol. The summed E-state index contributed by atoms with van der Waals surface area (Å²) in [5, 5.41) is 24.3. The zero-order valence-corrected chi connectivity index (χ0v) is 14.4. The van der Waals surface area contributed by atoms with Crippen molar-refractivity contribution < 1.29 is 9.02 Å². The standard InChI is InChI=1S/C11H12BrFN8O2S/c12-7-5-6(1-2-8(7)13)17-11(18-21-22)9-10(20-23-19-9)15-3-4-16-24-14/h1-2,5,16H,3-4,14H2,(H,15,20)(H,17,18,22). The van der Waals surface area contributed by atoms with Crippen molar-refractivity contribution in [2.45, 2.75) is 0 Å².